The highest BCUT2D eigenvalue weighted by Crippen LogP contribution is 2.52. The topological polar surface area (TPSA) is 62.8 Å². The number of hydrogen-bond acceptors (Lipinski definition) is 4. The number of halogens is 2. The number of fused-ring (bicyclic) bond motifs is 4. The number of para-hydroxylation sites is 1. The van der Waals surface area contributed by atoms with Gasteiger partial charge in [-0.25, -0.2) is 0 Å². The molecule has 2 N–H and O–H groups in total. The summed E-state index contributed by atoms with van der Waals surface area (Å²) in [4.78, 5) is 15.7. The lowest BCUT2D eigenvalue weighted by Crippen LogP contribution is -2.72. The molecule has 2 bridgehead atoms. The third-order valence-corrected chi connectivity index (χ3v) is 7.35. The highest BCUT2D eigenvalue weighted by Gasteiger charge is 2.59. The van der Waals surface area contributed by atoms with Gasteiger partial charge in [0.05, 0.1) is 12.6 Å². The van der Waals surface area contributed by atoms with E-state index < -0.39 is 17.7 Å². The smallest absolute Gasteiger partial charge is 0.236 e. The summed E-state index contributed by atoms with van der Waals surface area (Å²) in [5.41, 5.74) is 1.13. The molecule has 3 aromatic rings. The number of thiocarbonyl (C=S) groups is 1. The van der Waals surface area contributed by atoms with E-state index in [1.165, 1.54) is 0 Å². The molecule has 0 saturated carbocycles. The molecule has 0 aromatic heterocycles. The fraction of sp³-hybridized carbons (Fsp3) is 0.231. The van der Waals surface area contributed by atoms with Gasteiger partial charge in [0, 0.05) is 26.4 Å². The number of amides is 1. The lowest BCUT2D eigenvalue weighted by molar-refractivity contribution is -0.130. The summed E-state index contributed by atoms with van der Waals surface area (Å²) in [5.74, 6) is 0.375. The van der Waals surface area contributed by atoms with Crippen LogP contribution >= 0.6 is 39.7 Å². The molecule has 1 fully saturated rings. The second-order valence-corrected chi connectivity index (χ2v) is 10.2. The quantitative estimate of drug-likeness (QED) is 0.350. The van der Waals surface area contributed by atoms with E-state index in [0.717, 1.165) is 15.7 Å². The van der Waals surface area contributed by atoms with Gasteiger partial charge >= 0.3 is 0 Å². The van der Waals surface area contributed by atoms with Gasteiger partial charge < -0.3 is 20.1 Å². The summed E-state index contributed by atoms with van der Waals surface area (Å²) in [6.07, 6.45) is 0. The van der Waals surface area contributed by atoms with Crippen LogP contribution in [0.1, 0.15) is 25.5 Å². The number of anilines is 2. The largest absolute Gasteiger partial charge is 0.490 e. The number of nitrogens with one attached hydrogen (secondary N) is 2. The fourth-order valence-corrected chi connectivity index (χ4v) is 5.58. The van der Waals surface area contributed by atoms with E-state index in [1.54, 1.807) is 24.3 Å². The normalized spacial score (nSPS) is 22.5. The van der Waals surface area contributed by atoms with Gasteiger partial charge in [0.15, 0.2) is 22.3 Å². The van der Waals surface area contributed by atoms with Crippen molar-refractivity contribution in [3.63, 3.8) is 0 Å². The van der Waals surface area contributed by atoms with Crippen LogP contribution in [0.5, 0.6) is 11.5 Å². The van der Waals surface area contributed by atoms with Gasteiger partial charge in [0.25, 0.3) is 0 Å². The number of carbonyl (C=O) groups excluding carboxylic acids is 1. The van der Waals surface area contributed by atoms with Gasteiger partial charge in [-0.2, -0.15) is 0 Å². The first-order valence-corrected chi connectivity index (χ1v) is 12.8. The minimum absolute atomic E-state index is 0.204. The molecule has 35 heavy (non-hydrogen) atoms. The maximum absolute atomic E-state index is 13.9. The predicted molar refractivity (Wildman–Crippen MR) is 145 cm³/mol. The molecular weight excluding hydrogens is 550 g/mol. The summed E-state index contributed by atoms with van der Waals surface area (Å²) in [6, 6.07) is 20.0. The van der Waals surface area contributed by atoms with Crippen molar-refractivity contribution >= 4 is 62.1 Å². The Kier molecular flexibility index (Phi) is 6.38. The lowest BCUT2D eigenvalue weighted by Gasteiger charge is -2.56. The van der Waals surface area contributed by atoms with Crippen LogP contribution in [-0.4, -0.2) is 23.4 Å². The van der Waals surface area contributed by atoms with Crippen LogP contribution in [0.25, 0.3) is 0 Å². The molecule has 0 radical (unpaired) electrons. The van der Waals surface area contributed by atoms with Crippen LogP contribution < -0.4 is 25.0 Å². The standard InChI is InChI=1S/C26H23BrClN3O3S/c1-3-33-20-6-4-5-19-22-21(24(32)29-17-11-9-16(28)10-12-17)26(2,34-23(19)20)31(25(35)30-22)18-13-7-15(27)8-14-18/h4-14,21-22H,3H2,1-2H3,(H,29,32)(H,30,35)/t21-,22+,26+/m0/s1. The van der Waals surface area contributed by atoms with Gasteiger partial charge in [-0.05, 0) is 80.7 Å². The molecular formula is C26H23BrClN3O3S. The molecule has 2 aliphatic rings. The van der Waals surface area contributed by atoms with Crippen molar-refractivity contribution in [1.29, 1.82) is 0 Å². The molecule has 1 amide bonds. The van der Waals surface area contributed by atoms with Crippen LogP contribution in [-0.2, 0) is 4.79 Å². The van der Waals surface area contributed by atoms with Crippen LogP contribution in [0, 0.1) is 5.92 Å². The number of rotatable bonds is 5. The second-order valence-electron chi connectivity index (χ2n) is 8.48. The van der Waals surface area contributed by atoms with Crippen molar-refractivity contribution in [2.45, 2.75) is 25.6 Å². The summed E-state index contributed by atoms with van der Waals surface area (Å²) in [6.45, 7) is 4.31. The van der Waals surface area contributed by atoms with E-state index in [1.807, 2.05) is 61.2 Å². The molecule has 180 valence electrons. The van der Waals surface area contributed by atoms with Crippen molar-refractivity contribution < 1.29 is 14.3 Å². The first kappa shape index (κ1) is 23.9. The maximum Gasteiger partial charge on any atom is 0.236 e. The van der Waals surface area contributed by atoms with Crippen molar-refractivity contribution in [3.05, 3.63) is 81.8 Å². The van der Waals surface area contributed by atoms with Crippen LogP contribution in [0.4, 0.5) is 11.4 Å². The first-order valence-electron chi connectivity index (χ1n) is 11.2. The van der Waals surface area contributed by atoms with E-state index in [2.05, 4.69) is 26.6 Å². The molecule has 0 spiro atoms. The molecule has 6 nitrogen and oxygen atoms in total. The summed E-state index contributed by atoms with van der Waals surface area (Å²) in [7, 11) is 0. The molecule has 1 saturated heterocycles. The minimum atomic E-state index is -1.14. The van der Waals surface area contributed by atoms with E-state index in [9.17, 15) is 4.79 Å². The predicted octanol–water partition coefficient (Wildman–Crippen LogP) is 6.30. The Labute approximate surface area is 222 Å². The van der Waals surface area contributed by atoms with Gasteiger partial charge in [-0.1, -0.05) is 39.7 Å². The van der Waals surface area contributed by atoms with Gasteiger partial charge in [0.1, 0.15) is 5.92 Å². The number of ether oxygens (including phenoxy) is 2. The minimum Gasteiger partial charge on any atom is -0.490 e. The molecule has 0 unspecified atom stereocenters. The van der Waals surface area contributed by atoms with Crippen molar-refractivity contribution in [2.75, 3.05) is 16.8 Å². The summed E-state index contributed by atoms with van der Waals surface area (Å²) < 4.78 is 13.5. The van der Waals surface area contributed by atoms with Crippen molar-refractivity contribution in [3.8, 4) is 11.5 Å². The van der Waals surface area contributed by atoms with Gasteiger partial charge in [-0.15, -0.1) is 0 Å². The highest BCUT2D eigenvalue weighted by atomic mass is 79.9. The zero-order chi connectivity index (χ0) is 24.7. The fourth-order valence-electron chi connectivity index (χ4n) is 4.77. The zero-order valence-electron chi connectivity index (χ0n) is 19.0. The molecule has 3 aromatic carbocycles. The Morgan fingerprint density at radius 1 is 1.20 bits per heavy atom. The van der Waals surface area contributed by atoms with Gasteiger partial charge in [-0.3, -0.25) is 9.69 Å². The van der Waals surface area contributed by atoms with E-state index in [4.69, 9.17) is 33.3 Å². The zero-order valence-corrected chi connectivity index (χ0v) is 22.2. The van der Waals surface area contributed by atoms with Crippen LogP contribution in [0.3, 0.4) is 0 Å². The van der Waals surface area contributed by atoms with E-state index >= 15 is 0 Å². The van der Waals surface area contributed by atoms with Crippen LogP contribution in [0.2, 0.25) is 5.02 Å². The van der Waals surface area contributed by atoms with Crippen molar-refractivity contribution in [1.82, 2.24) is 5.32 Å². The van der Waals surface area contributed by atoms with Crippen molar-refractivity contribution in [2.24, 2.45) is 5.92 Å². The van der Waals surface area contributed by atoms with Crippen LogP contribution in [0.15, 0.2) is 71.2 Å². The Balaban J connectivity index is 1.63. The second kappa shape index (κ2) is 9.33. The Hall–Kier alpha value is -2.81. The number of hydrogen-bond donors (Lipinski definition) is 2. The molecule has 2 heterocycles. The monoisotopic (exact) mass is 571 g/mol. The average Bonchev–Trinajstić information content (AvgIpc) is 2.82. The molecule has 3 atom stereocenters. The third kappa shape index (κ3) is 4.24. The Bertz CT molecular complexity index is 1290. The van der Waals surface area contributed by atoms with E-state index in [0.29, 0.717) is 33.9 Å². The molecule has 0 aliphatic carbocycles. The molecule has 9 heteroatoms. The SMILES string of the molecule is CCOc1cccc2c1O[C@]1(C)[C@H](C(=O)Nc3ccc(Cl)cc3)[C@@H]2NC(=S)N1c1ccc(Br)cc1. The first-order chi connectivity index (χ1) is 16.8. The molecule has 2 aliphatic heterocycles. The summed E-state index contributed by atoms with van der Waals surface area (Å²) in [5, 5.41) is 7.52. The Morgan fingerprint density at radius 3 is 2.60 bits per heavy atom. The Morgan fingerprint density at radius 2 is 1.91 bits per heavy atom. The van der Waals surface area contributed by atoms with E-state index in [-0.39, 0.29) is 5.91 Å². The number of carbonyl (C=O) groups is 1. The summed E-state index contributed by atoms with van der Waals surface area (Å²) >= 11 is 15.3. The maximum atomic E-state index is 13.9. The van der Waals surface area contributed by atoms with Gasteiger partial charge in [0.2, 0.25) is 5.91 Å². The lowest BCUT2D eigenvalue weighted by atomic mass is 9.78. The average molecular weight is 573 g/mol. The molecule has 5 rings (SSSR count). The number of benzene rings is 3. The highest BCUT2D eigenvalue weighted by molar-refractivity contribution is 9.10. The number of nitrogens with zero attached hydrogens (tertiary/aromatic N) is 1. The third-order valence-electron chi connectivity index (χ3n) is 6.27.